The van der Waals surface area contributed by atoms with Gasteiger partial charge < -0.3 is 10.4 Å². The highest BCUT2D eigenvalue weighted by atomic mass is 32.2. The number of rotatable bonds is 6. The zero-order valence-corrected chi connectivity index (χ0v) is 9.57. The summed E-state index contributed by atoms with van der Waals surface area (Å²) in [7, 11) is 1.68. The standard InChI is InChI=1S/C9H19NO2S/c1-7(2)5-13-6-9(3,10-4)8(11)12/h7,10H,5-6H2,1-4H3,(H,11,12). The van der Waals surface area contributed by atoms with Crippen LogP contribution in [0.25, 0.3) is 0 Å². The SMILES string of the molecule is CNC(C)(CSCC(C)C)C(=O)O. The Bertz CT molecular complexity index is 173. The van der Waals surface area contributed by atoms with Gasteiger partial charge in [-0.3, -0.25) is 4.79 Å². The van der Waals surface area contributed by atoms with Gasteiger partial charge in [-0.25, -0.2) is 0 Å². The second-order valence-electron chi connectivity index (χ2n) is 3.80. The molecule has 0 fully saturated rings. The van der Waals surface area contributed by atoms with Gasteiger partial charge in [0.2, 0.25) is 0 Å². The van der Waals surface area contributed by atoms with Crippen molar-refractivity contribution in [2.45, 2.75) is 26.3 Å². The minimum Gasteiger partial charge on any atom is -0.480 e. The molecule has 0 radical (unpaired) electrons. The number of carboxylic acid groups (broad SMARTS) is 1. The summed E-state index contributed by atoms with van der Waals surface area (Å²) in [6.07, 6.45) is 0. The van der Waals surface area contributed by atoms with Crippen LogP contribution in [0.3, 0.4) is 0 Å². The molecular weight excluding hydrogens is 186 g/mol. The van der Waals surface area contributed by atoms with Crippen molar-refractivity contribution in [2.75, 3.05) is 18.6 Å². The Kier molecular flexibility index (Phi) is 5.40. The highest BCUT2D eigenvalue weighted by Gasteiger charge is 2.30. The number of carboxylic acids is 1. The van der Waals surface area contributed by atoms with Crippen molar-refractivity contribution >= 4 is 17.7 Å². The van der Waals surface area contributed by atoms with Gasteiger partial charge in [-0.1, -0.05) is 13.8 Å². The van der Waals surface area contributed by atoms with Gasteiger partial charge in [0.1, 0.15) is 5.54 Å². The number of thioether (sulfide) groups is 1. The molecule has 78 valence electrons. The quantitative estimate of drug-likeness (QED) is 0.689. The van der Waals surface area contributed by atoms with E-state index in [1.165, 1.54) is 0 Å². The first kappa shape index (κ1) is 12.8. The first-order chi connectivity index (χ1) is 5.92. The van der Waals surface area contributed by atoms with E-state index in [4.69, 9.17) is 5.11 Å². The number of hydrogen-bond donors (Lipinski definition) is 2. The lowest BCUT2D eigenvalue weighted by atomic mass is 10.1. The van der Waals surface area contributed by atoms with Crippen LogP contribution in [0.5, 0.6) is 0 Å². The van der Waals surface area contributed by atoms with Gasteiger partial charge in [-0.15, -0.1) is 0 Å². The van der Waals surface area contributed by atoms with Gasteiger partial charge in [0.05, 0.1) is 0 Å². The number of hydrogen-bond acceptors (Lipinski definition) is 3. The topological polar surface area (TPSA) is 49.3 Å². The molecule has 0 aliphatic carbocycles. The maximum atomic E-state index is 10.9. The van der Waals surface area contributed by atoms with Crippen molar-refractivity contribution in [3.63, 3.8) is 0 Å². The molecule has 0 amide bonds. The molecule has 0 aromatic heterocycles. The first-order valence-corrected chi connectivity index (χ1v) is 5.58. The lowest BCUT2D eigenvalue weighted by molar-refractivity contribution is -0.142. The van der Waals surface area contributed by atoms with E-state index in [1.54, 1.807) is 25.7 Å². The fourth-order valence-corrected chi connectivity index (χ4v) is 2.00. The van der Waals surface area contributed by atoms with Crippen LogP contribution in [-0.2, 0) is 4.79 Å². The van der Waals surface area contributed by atoms with Crippen molar-refractivity contribution in [1.29, 1.82) is 0 Å². The summed E-state index contributed by atoms with van der Waals surface area (Å²) < 4.78 is 0. The molecule has 0 spiro atoms. The number of aliphatic carboxylic acids is 1. The molecule has 1 atom stereocenters. The van der Waals surface area contributed by atoms with Crippen LogP contribution in [-0.4, -0.2) is 35.2 Å². The highest BCUT2D eigenvalue weighted by Crippen LogP contribution is 2.15. The summed E-state index contributed by atoms with van der Waals surface area (Å²) in [4.78, 5) is 10.9. The molecule has 0 heterocycles. The number of likely N-dealkylation sites (N-methyl/N-ethyl adjacent to an activating group) is 1. The van der Waals surface area contributed by atoms with Crippen LogP contribution in [0.4, 0.5) is 0 Å². The van der Waals surface area contributed by atoms with Gasteiger partial charge in [-0.2, -0.15) is 11.8 Å². The Morgan fingerprint density at radius 2 is 2.15 bits per heavy atom. The molecule has 3 nitrogen and oxygen atoms in total. The Morgan fingerprint density at radius 1 is 1.62 bits per heavy atom. The van der Waals surface area contributed by atoms with E-state index < -0.39 is 11.5 Å². The average Bonchev–Trinajstić information content (AvgIpc) is 2.03. The maximum absolute atomic E-state index is 10.9. The van der Waals surface area contributed by atoms with Gasteiger partial charge in [-0.05, 0) is 25.6 Å². The molecule has 0 rings (SSSR count). The molecule has 0 saturated carbocycles. The molecule has 0 bridgehead atoms. The van der Waals surface area contributed by atoms with E-state index in [2.05, 4.69) is 19.2 Å². The average molecular weight is 205 g/mol. The van der Waals surface area contributed by atoms with Crippen molar-refractivity contribution in [2.24, 2.45) is 5.92 Å². The molecule has 2 N–H and O–H groups in total. The monoisotopic (exact) mass is 205 g/mol. The summed E-state index contributed by atoms with van der Waals surface area (Å²) in [6, 6.07) is 0. The van der Waals surface area contributed by atoms with E-state index in [1.807, 2.05) is 0 Å². The maximum Gasteiger partial charge on any atom is 0.324 e. The van der Waals surface area contributed by atoms with Gasteiger partial charge >= 0.3 is 5.97 Å². The highest BCUT2D eigenvalue weighted by molar-refractivity contribution is 7.99. The minimum absolute atomic E-state index is 0.608. The molecule has 0 aromatic carbocycles. The summed E-state index contributed by atoms with van der Waals surface area (Å²) >= 11 is 1.68. The first-order valence-electron chi connectivity index (χ1n) is 4.42. The predicted octanol–water partition coefficient (Wildman–Crippen LogP) is 1.44. The van der Waals surface area contributed by atoms with Gasteiger partial charge in [0.25, 0.3) is 0 Å². The van der Waals surface area contributed by atoms with Crippen molar-refractivity contribution < 1.29 is 9.90 Å². The van der Waals surface area contributed by atoms with Gasteiger partial charge in [0, 0.05) is 5.75 Å². The van der Waals surface area contributed by atoms with Crippen molar-refractivity contribution in [1.82, 2.24) is 5.32 Å². The number of carbonyl (C=O) groups is 1. The van der Waals surface area contributed by atoms with Crippen LogP contribution >= 0.6 is 11.8 Å². The van der Waals surface area contributed by atoms with Crippen molar-refractivity contribution in [3.05, 3.63) is 0 Å². The lowest BCUT2D eigenvalue weighted by Crippen LogP contribution is -2.49. The van der Waals surface area contributed by atoms with E-state index >= 15 is 0 Å². The molecule has 13 heavy (non-hydrogen) atoms. The van der Waals surface area contributed by atoms with Gasteiger partial charge in [0.15, 0.2) is 0 Å². The second-order valence-corrected chi connectivity index (χ2v) is 4.83. The van der Waals surface area contributed by atoms with E-state index in [-0.39, 0.29) is 0 Å². The Morgan fingerprint density at radius 3 is 2.46 bits per heavy atom. The predicted molar refractivity (Wildman–Crippen MR) is 57.3 cm³/mol. The largest absolute Gasteiger partial charge is 0.480 e. The van der Waals surface area contributed by atoms with E-state index in [0.717, 1.165) is 5.75 Å². The summed E-state index contributed by atoms with van der Waals surface area (Å²) in [5.41, 5.74) is -0.792. The lowest BCUT2D eigenvalue weighted by Gasteiger charge is -2.23. The van der Waals surface area contributed by atoms with Crippen LogP contribution in [0, 0.1) is 5.92 Å². The molecule has 0 saturated heterocycles. The third-order valence-corrected chi connectivity index (χ3v) is 3.55. The zero-order valence-electron chi connectivity index (χ0n) is 8.76. The third kappa shape index (κ3) is 4.52. The van der Waals surface area contributed by atoms with Crippen molar-refractivity contribution in [3.8, 4) is 0 Å². The molecule has 0 aliphatic heterocycles. The fraction of sp³-hybridized carbons (Fsp3) is 0.889. The second kappa shape index (κ2) is 5.50. The Balaban J connectivity index is 3.92. The normalized spacial score (nSPS) is 15.8. The minimum atomic E-state index is -0.792. The Labute approximate surface area is 84.3 Å². The fourth-order valence-electron chi connectivity index (χ4n) is 0.740. The summed E-state index contributed by atoms with van der Waals surface area (Å²) in [5, 5.41) is 11.8. The summed E-state index contributed by atoms with van der Waals surface area (Å²) in [6.45, 7) is 5.97. The van der Waals surface area contributed by atoms with E-state index in [0.29, 0.717) is 11.7 Å². The van der Waals surface area contributed by atoms with Crippen LogP contribution in [0.1, 0.15) is 20.8 Å². The molecular formula is C9H19NO2S. The van der Waals surface area contributed by atoms with Crippen LogP contribution < -0.4 is 5.32 Å². The van der Waals surface area contributed by atoms with Crippen LogP contribution in [0.15, 0.2) is 0 Å². The molecule has 4 heteroatoms. The molecule has 0 aliphatic rings. The Hall–Kier alpha value is -0.220. The summed E-state index contributed by atoms with van der Waals surface area (Å²) in [5.74, 6) is 1.44. The smallest absolute Gasteiger partial charge is 0.324 e. The van der Waals surface area contributed by atoms with Crippen LogP contribution in [0.2, 0.25) is 0 Å². The van der Waals surface area contributed by atoms with E-state index in [9.17, 15) is 4.79 Å². The zero-order chi connectivity index (χ0) is 10.5. The third-order valence-electron chi connectivity index (χ3n) is 1.87. The number of nitrogens with one attached hydrogen (secondary N) is 1. The molecule has 1 unspecified atom stereocenters. The molecule has 0 aromatic rings.